The summed E-state index contributed by atoms with van der Waals surface area (Å²) < 4.78 is 57.5. The predicted octanol–water partition coefficient (Wildman–Crippen LogP) is 1.20. The standard InChI is InChI=1S/C6H7NOS.CHF3O3S/c8-5-4-6-7(5)2-1-3-9-6;2-1(3,4)8(5,6)7/h1-2,6H,3-4H2;(H,5,6,7)/t6-;/m1./s1. The van der Waals surface area contributed by atoms with Gasteiger partial charge in [-0.3, -0.25) is 9.35 Å². The second-order valence-corrected chi connectivity index (χ2v) is 5.72. The maximum atomic E-state index is 10.7. The number of carbonyl (C=O) groups excluding carboxylic acids is 1. The molecular weight excluding hydrogens is 283 g/mol. The normalized spacial score (nSPS) is 23.4. The van der Waals surface area contributed by atoms with E-state index in [4.69, 9.17) is 13.0 Å². The second-order valence-electron chi connectivity index (χ2n) is 3.10. The van der Waals surface area contributed by atoms with Crippen LogP contribution in [-0.4, -0.2) is 40.4 Å². The van der Waals surface area contributed by atoms with E-state index in [0.29, 0.717) is 5.37 Å². The molecule has 0 unspecified atom stereocenters. The first kappa shape index (κ1) is 14.3. The molecule has 0 aliphatic carbocycles. The summed E-state index contributed by atoms with van der Waals surface area (Å²) >= 11 is 1.84. The second kappa shape index (κ2) is 4.86. The predicted molar refractivity (Wildman–Crippen MR) is 54.5 cm³/mol. The lowest BCUT2D eigenvalue weighted by atomic mass is 10.2. The van der Waals surface area contributed by atoms with E-state index in [1.54, 1.807) is 4.90 Å². The summed E-state index contributed by atoms with van der Waals surface area (Å²) in [5, 5.41) is 0.475. The quantitative estimate of drug-likeness (QED) is 0.412. The summed E-state index contributed by atoms with van der Waals surface area (Å²) in [4.78, 5) is 12.5. The number of nitrogens with zero attached hydrogens (tertiary/aromatic N) is 1. The summed E-state index contributed by atoms with van der Waals surface area (Å²) in [6, 6.07) is 0. The lowest BCUT2D eigenvalue weighted by molar-refractivity contribution is -0.137. The molecule has 1 amide bonds. The number of rotatable bonds is 0. The maximum Gasteiger partial charge on any atom is 0.522 e. The van der Waals surface area contributed by atoms with Gasteiger partial charge in [0, 0.05) is 12.0 Å². The van der Waals surface area contributed by atoms with Gasteiger partial charge in [0.25, 0.3) is 0 Å². The monoisotopic (exact) mass is 291 g/mol. The van der Waals surface area contributed by atoms with E-state index in [2.05, 4.69) is 0 Å². The molecule has 0 radical (unpaired) electrons. The zero-order valence-electron chi connectivity index (χ0n) is 8.22. The molecule has 98 valence electrons. The van der Waals surface area contributed by atoms with Crippen molar-refractivity contribution in [1.82, 2.24) is 4.90 Å². The zero-order valence-corrected chi connectivity index (χ0v) is 9.85. The number of amides is 1. The maximum absolute atomic E-state index is 10.7. The molecule has 2 heterocycles. The minimum Gasteiger partial charge on any atom is -0.306 e. The highest BCUT2D eigenvalue weighted by Gasteiger charge is 2.44. The lowest BCUT2D eigenvalue weighted by Crippen LogP contribution is -2.48. The Labute approximate surface area is 99.4 Å². The number of hydrogen-bond donors (Lipinski definition) is 1. The number of β-lactam (4-membered cyclic amide) rings is 1. The van der Waals surface area contributed by atoms with Crippen LogP contribution >= 0.6 is 11.8 Å². The highest BCUT2D eigenvalue weighted by Crippen LogP contribution is 2.32. The minimum atomic E-state index is -5.84. The van der Waals surface area contributed by atoms with Crippen molar-refractivity contribution in [2.45, 2.75) is 17.3 Å². The Hall–Kier alpha value is -0.740. The Balaban J connectivity index is 0.000000172. The first-order valence-electron chi connectivity index (χ1n) is 4.26. The van der Waals surface area contributed by atoms with Gasteiger partial charge in [-0.25, -0.2) is 0 Å². The fraction of sp³-hybridized carbons (Fsp3) is 0.571. The smallest absolute Gasteiger partial charge is 0.306 e. The van der Waals surface area contributed by atoms with E-state index in [1.807, 2.05) is 24.0 Å². The SMILES string of the molecule is O=C1C[C@H]2SCC=CN12.O=S(=O)(O)C(F)(F)F. The van der Waals surface area contributed by atoms with E-state index in [-0.39, 0.29) is 5.91 Å². The summed E-state index contributed by atoms with van der Waals surface area (Å²) in [5.41, 5.74) is -5.53. The molecule has 0 spiro atoms. The molecule has 0 saturated carbocycles. The molecule has 1 atom stereocenters. The Morgan fingerprint density at radius 3 is 2.29 bits per heavy atom. The Morgan fingerprint density at radius 2 is 2.00 bits per heavy atom. The molecule has 1 N–H and O–H groups in total. The third-order valence-corrected chi connectivity index (χ3v) is 3.64. The zero-order chi connectivity index (χ0) is 13.3. The van der Waals surface area contributed by atoms with Crippen LogP contribution in [0.2, 0.25) is 0 Å². The van der Waals surface area contributed by atoms with Gasteiger partial charge in [-0.05, 0) is 0 Å². The molecule has 17 heavy (non-hydrogen) atoms. The number of fused-ring (bicyclic) bond motifs is 1. The van der Waals surface area contributed by atoms with Crippen LogP contribution < -0.4 is 0 Å². The average Bonchev–Trinajstić information content (AvgIpc) is 2.14. The van der Waals surface area contributed by atoms with Gasteiger partial charge in [-0.15, -0.1) is 11.8 Å². The van der Waals surface area contributed by atoms with Crippen molar-refractivity contribution in [3.8, 4) is 0 Å². The van der Waals surface area contributed by atoms with Crippen LogP contribution in [0.3, 0.4) is 0 Å². The van der Waals surface area contributed by atoms with Gasteiger partial charge in [0.15, 0.2) is 0 Å². The third-order valence-electron chi connectivity index (χ3n) is 1.89. The fourth-order valence-electron chi connectivity index (χ4n) is 1.04. The molecule has 2 rings (SSSR count). The highest BCUT2D eigenvalue weighted by atomic mass is 32.2. The lowest BCUT2D eigenvalue weighted by Gasteiger charge is -2.39. The van der Waals surface area contributed by atoms with Crippen molar-refractivity contribution in [1.29, 1.82) is 0 Å². The fourth-order valence-corrected chi connectivity index (χ4v) is 2.07. The highest BCUT2D eigenvalue weighted by molar-refractivity contribution is 8.00. The van der Waals surface area contributed by atoms with E-state index in [0.717, 1.165) is 12.2 Å². The van der Waals surface area contributed by atoms with Gasteiger partial charge >= 0.3 is 15.6 Å². The Kier molecular flexibility index (Phi) is 4.10. The van der Waals surface area contributed by atoms with Gasteiger partial charge in [-0.2, -0.15) is 21.6 Å². The summed E-state index contributed by atoms with van der Waals surface area (Å²) in [5.74, 6) is 1.33. The van der Waals surface area contributed by atoms with Crippen molar-refractivity contribution in [2.24, 2.45) is 0 Å². The molecule has 10 heteroatoms. The molecule has 2 aliphatic heterocycles. The third kappa shape index (κ3) is 3.61. The van der Waals surface area contributed by atoms with E-state index < -0.39 is 15.6 Å². The molecule has 0 aromatic rings. The van der Waals surface area contributed by atoms with Crippen molar-refractivity contribution < 1.29 is 30.9 Å². The molecular formula is C7H8F3NO4S2. The van der Waals surface area contributed by atoms with Crippen LogP contribution in [0.5, 0.6) is 0 Å². The van der Waals surface area contributed by atoms with E-state index in [1.165, 1.54) is 0 Å². The molecule has 0 aromatic heterocycles. The van der Waals surface area contributed by atoms with E-state index in [9.17, 15) is 18.0 Å². The number of thioether (sulfide) groups is 1. The minimum absolute atomic E-state index is 0.267. The Morgan fingerprint density at radius 1 is 1.47 bits per heavy atom. The first-order valence-corrected chi connectivity index (χ1v) is 6.75. The summed E-state index contributed by atoms with van der Waals surface area (Å²) in [7, 11) is -5.84. The van der Waals surface area contributed by atoms with Crippen molar-refractivity contribution in [3.63, 3.8) is 0 Å². The summed E-state index contributed by atoms with van der Waals surface area (Å²) in [6.07, 6.45) is 4.67. The topological polar surface area (TPSA) is 74.7 Å². The van der Waals surface area contributed by atoms with Crippen molar-refractivity contribution in [2.75, 3.05) is 5.75 Å². The largest absolute Gasteiger partial charge is 0.522 e. The van der Waals surface area contributed by atoms with Gasteiger partial charge in [0.2, 0.25) is 5.91 Å². The van der Waals surface area contributed by atoms with Crippen LogP contribution in [0.1, 0.15) is 6.42 Å². The van der Waals surface area contributed by atoms with Gasteiger partial charge in [0.05, 0.1) is 11.8 Å². The van der Waals surface area contributed by atoms with Gasteiger partial charge < -0.3 is 4.90 Å². The van der Waals surface area contributed by atoms with Crippen molar-refractivity contribution >= 4 is 27.8 Å². The molecule has 0 bridgehead atoms. The first-order chi connectivity index (χ1) is 7.63. The van der Waals surface area contributed by atoms with Crippen LogP contribution in [0.15, 0.2) is 12.3 Å². The van der Waals surface area contributed by atoms with Crippen LogP contribution in [0.4, 0.5) is 13.2 Å². The van der Waals surface area contributed by atoms with Gasteiger partial charge in [-0.1, -0.05) is 6.08 Å². The van der Waals surface area contributed by atoms with Gasteiger partial charge in [0.1, 0.15) is 0 Å². The van der Waals surface area contributed by atoms with Crippen LogP contribution in [-0.2, 0) is 14.9 Å². The number of hydrogen-bond acceptors (Lipinski definition) is 4. The number of alkyl halides is 3. The van der Waals surface area contributed by atoms with Crippen molar-refractivity contribution in [3.05, 3.63) is 12.3 Å². The molecule has 2 aliphatic rings. The molecule has 1 fully saturated rings. The van der Waals surface area contributed by atoms with Crippen LogP contribution in [0.25, 0.3) is 0 Å². The molecule has 1 saturated heterocycles. The average molecular weight is 291 g/mol. The van der Waals surface area contributed by atoms with E-state index >= 15 is 0 Å². The number of halogens is 3. The number of carbonyl (C=O) groups is 1. The molecule has 5 nitrogen and oxygen atoms in total. The Bertz CT molecular complexity index is 431. The van der Waals surface area contributed by atoms with Crippen LogP contribution in [0, 0.1) is 0 Å². The molecule has 0 aromatic carbocycles. The summed E-state index contributed by atoms with van der Waals surface area (Å²) in [6.45, 7) is 0.